The predicted octanol–water partition coefficient (Wildman–Crippen LogP) is 4.23. The van der Waals surface area contributed by atoms with Gasteiger partial charge in [0.15, 0.2) is 12.4 Å². The number of amides is 2. The monoisotopic (exact) mass is 578 g/mol. The summed E-state index contributed by atoms with van der Waals surface area (Å²) < 4.78 is 35.8. The lowest BCUT2D eigenvalue weighted by atomic mass is 10.0. The number of anilines is 2. The number of primary amides is 1. The summed E-state index contributed by atoms with van der Waals surface area (Å²) in [6.45, 7) is 4.69. The van der Waals surface area contributed by atoms with E-state index in [4.69, 9.17) is 14.9 Å². The third-order valence-electron chi connectivity index (χ3n) is 6.39. The Morgan fingerprint density at radius 3 is 2.20 bits per heavy atom. The molecule has 214 valence electrons. The Bertz CT molecular complexity index is 1610. The number of ether oxygens (including phenoxy) is 1. The van der Waals surface area contributed by atoms with Gasteiger partial charge >= 0.3 is 5.97 Å². The van der Waals surface area contributed by atoms with Crippen LogP contribution < -0.4 is 20.1 Å². The average molecular weight is 579 g/mol. The van der Waals surface area contributed by atoms with E-state index >= 15 is 0 Å². The van der Waals surface area contributed by atoms with E-state index in [0.717, 1.165) is 15.4 Å². The van der Waals surface area contributed by atoms with Crippen molar-refractivity contribution in [1.29, 1.82) is 0 Å². The van der Waals surface area contributed by atoms with Crippen molar-refractivity contribution in [3.63, 3.8) is 0 Å². The maximum Gasteiger partial charge on any atom is 0.327 e. The highest BCUT2D eigenvalue weighted by Crippen LogP contribution is 2.34. The molecule has 2 unspecified atom stereocenters. The van der Waals surface area contributed by atoms with Crippen molar-refractivity contribution in [1.82, 2.24) is 0 Å². The number of aryl methyl sites for hydroxylation is 1. The second kappa shape index (κ2) is 12.2. The number of carbonyl (C=O) groups excluding carboxylic acids is 2. The smallest absolute Gasteiger partial charge is 0.327 e. The van der Waals surface area contributed by atoms with Crippen molar-refractivity contribution in [3.05, 3.63) is 78.1 Å². The number of nitrogens with zero attached hydrogens (tertiary/aromatic N) is 1. The third-order valence-corrected chi connectivity index (χ3v) is 7.15. The van der Waals surface area contributed by atoms with Gasteiger partial charge in [-0.05, 0) is 60.4 Å². The molecule has 11 nitrogen and oxygen atoms in total. The first-order chi connectivity index (χ1) is 19.5. The zero-order chi connectivity index (χ0) is 29.8. The zero-order valence-corrected chi connectivity index (χ0v) is 23.3. The molecule has 0 aliphatic rings. The molecule has 0 spiro atoms. The second-order valence-corrected chi connectivity index (χ2v) is 10.4. The topological polar surface area (TPSA) is 175 Å². The van der Waals surface area contributed by atoms with Gasteiger partial charge in [0.05, 0.1) is 5.39 Å². The van der Waals surface area contributed by atoms with Crippen molar-refractivity contribution >= 4 is 51.4 Å². The molecule has 0 saturated heterocycles. The van der Waals surface area contributed by atoms with Crippen LogP contribution in [0.4, 0.5) is 11.4 Å². The largest absolute Gasteiger partial charge is 0.755 e. The molecule has 4 aromatic rings. The molecular weight excluding hydrogens is 550 g/mol. The second-order valence-electron chi connectivity index (χ2n) is 9.59. The Morgan fingerprint density at radius 1 is 1.05 bits per heavy atom. The van der Waals surface area contributed by atoms with Crippen LogP contribution in [-0.2, 0) is 20.9 Å². The molecule has 2 atom stereocenters. The Hall–Kier alpha value is -4.68. The first kappa shape index (κ1) is 29.3. The van der Waals surface area contributed by atoms with E-state index in [9.17, 15) is 28.3 Å². The van der Waals surface area contributed by atoms with Gasteiger partial charge in [-0.2, -0.15) is 0 Å². The van der Waals surface area contributed by atoms with Crippen LogP contribution >= 0.6 is 0 Å². The fraction of sp³-hybridized carbons (Fsp3) is 0.207. The number of hydrogen-bond acceptors (Lipinski definition) is 7. The lowest BCUT2D eigenvalue weighted by Crippen LogP contribution is -2.45. The normalized spacial score (nSPS) is 12.6. The molecule has 0 aliphatic carbocycles. The van der Waals surface area contributed by atoms with Crippen LogP contribution in [0.1, 0.15) is 30.0 Å². The maximum atomic E-state index is 13.0. The lowest BCUT2D eigenvalue weighted by Gasteiger charge is -2.34. The average Bonchev–Trinajstić information content (AvgIpc) is 3.27. The van der Waals surface area contributed by atoms with Gasteiger partial charge in [0.1, 0.15) is 17.4 Å². The van der Waals surface area contributed by atoms with E-state index < -0.39 is 41.0 Å². The highest BCUT2D eigenvalue weighted by atomic mass is 32.2. The van der Waals surface area contributed by atoms with Gasteiger partial charge in [0.2, 0.25) is 0 Å². The molecule has 0 saturated carbocycles. The van der Waals surface area contributed by atoms with Gasteiger partial charge < -0.3 is 29.9 Å². The van der Waals surface area contributed by atoms with Crippen molar-refractivity contribution in [3.8, 4) is 16.9 Å². The molecule has 1 heterocycles. The minimum atomic E-state index is -2.78. The highest BCUT2D eigenvalue weighted by molar-refractivity contribution is 7.80. The number of carbonyl (C=O) groups is 3. The summed E-state index contributed by atoms with van der Waals surface area (Å²) in [5.41, 5.74) is 8.44. The summed E-state index contributed by atoms with van der Waals surface area (Å²) in [6.07, 6.45) is 0. The van der Waals surface area contributed by atoms with E-state index in [-0.39, 0.29) is 18.1 Å². The molecule has 1 aromatic heterocycles. The van der Waals surface area contributed by atoms with Crippen molar-refractivity contribution in [2.24, 2.45) is 11.7 Å². The fourth-order valence-electron chi connectivity index (χ4n) is 4.48. The van der Waals surface area contributed by atoms with Gasteiger partial charge in [-0.3, -0.25) is 18.1 Å². The van der Waals surface area contributed by atoms with Gasteiger partial charge in [-0.25, -0.2) is 4.79 Å². The molecule has 0 bridgehead atoms. The summed E-state index contributed by atoms with van der Waals surface area (Å²) in [4.78, 5) is 35.9. The Morgan fingerprint density at radius 2 is 1.66 bits per heavy atom. The van der Waals surface area contributed by atoms with Crippen LogP contribution in [0.25, 0.3) is 22.1 Å². The lowest BCUT2D eigenvalue weighted by molar-refractivity contribution is -0.139. The SMILES string of the molecule is Cc1c(C(=O)Nc2ccc(-c3ccc(N(C(C(=O)O)C(C)C)S(=O)[O-])cc3)cc2)oc2cccc(OCC(N)=O)c12. The maximum absolute atomic E-state index is 13.0. The molecule has 41 heavy (non-hydrogen) atoms. The van der Waals surface area contributed by atoms with E-state index in [1.165, 1.54) is 0 Å². The number of carboxylic acids is 1. The number of nitrogens with two attached hydrogens (primary N) is 1. The summed E-state index contributed by atoms with van der Waals surface area (Å²) >= 11 is -2.78. The summed E-state index contributed by atoms with van der Waals surface area (Å²) in [5, 5.41) is 12.9. The van der Waals surface area contributed by atoms with E-state index in [2.05, 4.69) is 5.32 Å². The number of carboxylic acid groups (broad SMARTS) is 1. The molecule has 4 rings (SSSR count). The Kier molecular flexibility index (Phi) is 8.74. The molecule has 2 amide bonds. The molecule has 12 heteroatoms. The fourth-order valence-corrected chi connectivity index (χ4v) is 5.29. The standard InChI is InChI=1S/C29H29N3O8S/c1-16(2)26(29(35)36)32(41(37)38)21-13-9-19(10-14-21)18-7-11-20(12-8-18)31-28(34)27-17(3)25-22(39-15-24(30)33)5-4-6-23(25)40-27/h4-14,16,26H,15H2,1-3H3,(H2,30,33)(H,31,34)(H,35,36)(H,37,38)/p-1. The number of nitrogens with one attached hydrogen (secondary N) is 1. The van der Waals surface area contributed by atoms with Gasteiger partial charge in [-0.15, -0.1) is 0 Å². The van der Waals surface area contributed by atoms with Crippen molar-refractivity contribution in [2.45, 2.75) is 26.8 Å². The minimum Gasteiger partial charge on any atom is -0.755 e. The molecule has 4 N–H and O–H groups in total. The third kappa shape index (κ3) is 6.39. The molecule has 3 aromatic carbocycles. The van der Waals surface area contributed by atoms with E-state index in [1.807, 2.05) is 0 Å². The van der Waals surface area contributed by atoms with E-state index in [1.54, 1.807) is 87.5 Å². The zero-order valence-electron chi connectivity index (χ0n) is 22.5. The quantitative estimate of drug-likeness (QED) is 0.222. The summed E-state index contributed by atoms with van der Waals surface area (Å²) in [6, 6.07) is 17.2. The predicted molar refractivity (Wildman–Crippen MR) is 153 cm³/mol. The van der Waals surface area contributed by atoms with Crippen LogP contribution in [0.5, 0.6) is 5.75 Å². The Balaban J connectivity index is 1.51. The number of fused-ring (bicyclic) bond motifs is 1. The van der Waals surface area contributed by atoms with E-state index in [0.29, 0.717) is 28.0 Å². The Labute approximate surface area is 238 Å². The van der Waals surface area contributed by atoms with Crippen LogP contribution in [0.3, 0.4) is 0 Å². The van der Waals surface area contributed by atoms with Gasteiger partial charge in [0, 0.05) is 28.2 Å². The number of benzene rings is 3. The molecule has 0 aliphatic heterocycles. The van der Waals surface area contributed by atoms with Crippen molar-refractivity contribution < 1.29 is 37.4 Å². The summed E-state index contributed by atoms with van der Waals surface area (Å²) in [5.74, 6) is -2.31. The summed E-state index contributed by atoms with van der Waals surface area (Å²) in [7, 11) is 0. The van der Waals surface area contributed by atoms with Crippen LogP contribution in [0.2, 0.25) is 0 Å². The number of hydrogen-bond donors (Lipinski definition) is 3. The van der Waals surface area contributed by atoms with Crippen molar-refractivity contribution in [2.75, 3.05) is 16.2 Å². The minimum absolute atomic E-state index is 0.0937. The van der Waals surface area contributed by atoms with Gasteiger partial charge in [0.25, 0.3) is 11.8 Å². The number of furan rings is 1. The van der Waals surface area contributed by atoms with Crippen LogP contribution in [-0.4, -0.2) is 44.3 Å². The molecule has 0 radical (unpaired) electrons. The first-order valence-corrected chi connectivity index (χ1v) is 13.6. The number of aliphatic carboxylic acids is 1. The molecule has 0 fully saturated rings. The van der Waals surface area contributed by atoms with Gasteiger partial charge in [-0.1, -0.05) is 44.2 Å². The van der Waals surface area contributed by atoms with Crippen LogP contribution in [0, 0.1) is 12.8 Å². The number of rotatable bonds is 11. The molecular formula is C29H28N3O8S-. The highest BCUT2D eigenvalue weighted by Gasteiger charge is 2.30. The first-order valence-electron chi connectivity index (χ1n) is 12.5. The van der Waals surface area contributed by atoms with Crippen LogP contribution in [0.15, 0.2) is 71.1 Å².